The number of carbonyl (C=O) groups is 2. The molecule has 0 fully saturated rings. The highest BCUT2D eigenvalue weighted by Gasteiger charge is 2.41. The third kappa shape index (κ3) is 3.55. The molecule has 0 bridgehead atoms. The van der Waals surface area contributed by atoms with E-state index >= 15 is 0 Å². The van der Waals surface area contributed by atoms with Gasteiger partial charge in [-0.25, -0.2) is 12.8 Å². The Morgan fingerprint density at radius 2 is 1.65 bits per heavy atom. The van der Waals surface area contributed by atoms with Crippen molar-refractivity contribution in [1.82, 2.24) is 4.90 Å². The molecule has 0 saturated carbocycles. The fourth-order valence-electron chi connectivity index (χ4n) is 4.05. The van der Waals surface area contributed by atoms with Crippen LogP contribution in [0.25, 0.3) is 0 Å². The molecule has 2 heterocycles. The number of hydrogen-bond donors (Lipinski definition) is 1. The first-order valence-electron chi connectivity index (χ1n) is 10.2. The minimum atomic E-state index is -4.19. The second-order valence-electron chi connectivity index (χ2n) is 7.85. The first kappa shape index (κ1) is 22.2. The summed E-state index contributed by atoms with van der Waals surface area (Å²) in [6.07, 6.45) is -0.925. The molecule has 2 N–H and O–H groups in total. The van der Waals surface area contributed by atoms with Gasteiger partial charge in [-0.15, -0.1) is 0 Å². The smallest absolute Gasteiger partial charge is 0.264 e. The number of imide groups is 1. The van der Waals surface area contributed by atoms with Crippen LogP contribution in [0.4, 0.5) is 15.8 Å². The summed E-state index contributed by atoms with van der Waals surface area (Å²) in [6, 6.07) is 13.6. The number of nitrogens with zero attached hydrogens (tertiary/aromatic N) is 2. The predicted molar refractivity (Wildman–Crippen MR) is 123 cm³/mol. The van der Waals surface area contributed by atoms with E-state index in [9.17, 15) is 22.4 Å². The molecule has 2 amide bonds. The van der Waals surface area contributed by atoms with Gasteiger partial charge in [-0.2, -0.15) is 0 Å². The van der Waals surface area contributed by atoms with Crippen molar-refractivity contribution in [3.05, 3.63) is 82.6 Å². The number of halogens is 2. The molecule has 34 heavy (non-hydrogen) atoms. The predicted octanol–water partition coefficient (Wildman–Crippen LogP) is 3.31. The summed E-state index contributed by atoms with van der Waals surface area (Å²) in [5.74, 6) is -1.52. The van der Waals surface area contributed by atoms with Crippen molar-refractivity contribution in [2.24, 2.45) is 0 Å². The van der Waals surface area contributed by atoms with Gasteiger partial charge in [-0.1, -0.05) is 23.7 Å². The second kappa shape index (κ2) is 8.00. The fourth-order valence-corrected chi connectivity index (χ4v) is 5.81. The lowest BCUT2D eigenvalue weighted by Gasteiger charge is -2.37. The summed E-state index contributed by atoms with van der Waals surface area (Å²) in [5, 5.41) is 0.0707. The number of anilines is 2. The Morgan fingerprint density at radius 3 is 2.26 bits per heavy atom. The van der Waals surface area contributed by atoms with Crippen LogP contribution in [0.5, 0.6) is 5.75 Å². The molecule has 0 aromatic heterocycles. The second-order valence-corrected chi connectivity index (χ2v) is 10.1. The Hall–Kier alpha value is -3.63. The number of nitrogen functional groups attached to an aromatic ring is 1. The molecule has 174 valence electrons. The highest BCUT2D eigenvalue weighted by atomic mass is 35.5. The summed E-state index contributed by atoms with van der Waals surface area (Å²) in [7, 11) is -4.19. The van der Waals surface area contributed by atoms with Crippen LogP contribution in [0.15, 0.2) is 65.6 Å². The third-order valence-electron chi connectivity index (χ3n) is 5.64. The molecule has 11 heteroatoms. The zero-order valence-electron chi connectivity index (χ0n) is 17.4. The van der Waals surface area contributed by atoms with E-state index in [0.29, 0.717) is 0 Å². The maximum atomic E-state index is 13.5. The zero-order valence-corrected chi connectivity index (χ0v) is 19.0. The van der Waals surface area contributed by atoms with Gasteiger partial charge in [0.15, 0.2) is 5.75 Å². The summed E-state index contributed by atoms with van der Waals surface area (Å²) < 4.78 is 47.4. The topological polar surface area (TPSA) is 110 Å². The number of rotatable bonds is 4. The summed E-state index contributed by atoms with van der Waals surface area (Å²) in [5.41, 5.74) is 6.75. The maximum absolute atomic E-state index is 13.5. The van der Waals surface area contributed by atoms with Gasteiger partial charge in [0, 0.05) is 5.69 Å². The monoisotopic (exact) mass is 501 g/mol. The van der Waals surface area contributed by atoms with Crippen molar-refractivity contribution < 1.29 is 27.1 Å². The molecule has 8 nitrogen and oxygen atoms in total. The minimum absolute atomic E-state index is 0.0504. The van der Waals surface area contributed by atoms with Crippen molar-refractivity contribution in [3.63, 3.8) is 0 Å². The van der Waals surface area contributed by atoms with E-state index in [1.165, 1.54) is 12.1 Å². The lowest BCUT2D eigenvalue weighted by molar-refractivity contribution is 0.0573. The fraction of sp³-hybridized carbons (Fsp3) is 0.130. The van der Waals surface area contributed by atoms with E-state index in [1.807, 2.05) is 0 Å². The molecular formula is C23H17ClFN3O5S. The van der Waals surface area contributed by atoms with E-state index in [1.54, 1.807) is 24.3 Å². The highest BCUT2D eigenvalue weighted by molar-refractivity contribution is 7.92. The van der Waals surface area contributed by atoms with Crippen LogP contribution in [-0.4, -0.2) is 44.3 Å². The quantitative estimate of drug-likeness (QED) is 0.434. The maximum Gasteiger partial charge on any atom is 0.264 e. The molecule has 3 aromatic carbocycles. The molecule has 0 saturated heterocycles. The van der Waals surface area contributed by atoms with E-state index in [-0.39, 0.29) is 51.3 Å². The Labute approximate surface area is 199 Å². The van der Waals surface area contributed by atoms with Crippen molar-refractivity contribution >= 4 is 44.8 Å². The largest absolute Gasteiger partial charge is 0.483 e. The minimum Gasteiger partial charge on any atom is -0.483 e. The van der Waals surface area contributed by atoms with Crippen LogP contribution in [0, 0.1) is 5.82 Å². The van der Waals surface area contributed by atoms with Gasteiger partial charge >= 0.3 is 0 Å². The summed E-state index contributed by atoms with van der Waals surface area (Å²) >= 11 is 6.32. The standard InChI is InChI=1S/C23H17ClFN3O5S/c24-19-9-14(26)10-20-21(19)33-15(11-27-22(29)17-3-1-2-4-18(17)23(27)30)12-28(20)34(31,32)16-7-5-13(25)6-8-16/h1-10,15H,11-12,26H2/t15-/m0/s1. The Balaban J connectivity index is 1.53. The van der Waals surface area contributed by atoms with Gasteiger partial charge in [-0.3, -0.25) is 18.8 Å². The zero-order chi connectivity index (χ0) is 24.2. The number of carbonyl (C=O) groups excluding carboxylic acids is 2. The molecule has 1 atom stereocenters. The number of nitrogens with two attached hydrogens (primary N) is 1. The van der Waals surface area contributed by atoms with Gasteiger partial charge in [0.2, 0.25) is 0 Å². The Morgan fingerprint density at radius 1 is 1.03 bits per heavy atom. The SMILES string of the molecule is Nc1cc(Cl)c2c(c1)N(S(=O)(=O)c1ccc(F)cc1)C[C@H](CN1C(=O)c3ccccc3C1=O)O2. The van der Waals surface area contributed by atoms with Gasteiger partial charge in [0.1, 0.15) is 11.9 Å². The normalized spacial score (nSPS) is 17.4. The molecule has 2 aliphatic heterocycles. The molecule has 0 aliphatic carbocycles. The molecule has 3 aromatic rings. The Kier molecular flexibility index (Phi) is 5.22. The van der Waals surface area contributed by atoms with E-state index in [4.69, 9.17) is 22.1 Å². The van der Waals surface area contributed by atoms with Crippen LogP contribution in [0.2, 0.25) is 5.02 Å². The summed E-state index contributed by atoms with van der Waals surface area (Å²) in [4.78, 5) is 26.5. The molecular weight excluding hydrogens is 485 g/mol. The van der Waals surface area contributed by atoms with E-state index in [0.717, 1.165) is 33.5 Å². The number of fused-ring (bicyclic) bond motifs is 2. The molecule has 5 rings (SSSR count). The number of benzene rings is 3. The van der Waals surface area contributed by atoms with E-state index in [2.05, 4.69) is 0 Å². The summed E-state index contributed by atoms with van der Waals surface area (Å²) in [6.45, 7) is -0.443. The number of amides is 2. The molecule has 0 radical (unpaired) electrons. The number of ether oxygens (including phenoxy) is 1. The molecule has 0 unspecified atom stereocenters. The first-order chi connectivity index (χ1) is 16.2. The van der Waals surface area contributed by atoms with Gasteiger partial charge in [0.25, 0.3) is 21.8 Å². The molecule has 0 spiro atoms. The number of sulfonamides is 1. The lowest BCUT2D eigenvalue weighted by Crippen LogP contribution is -2.49. The van der Waals surface area contributed by atoms with Crippen molar-refractivity contribution in [1.29, 1.82) is 0 Å². The van der Waals surface area contributed by atoms with E-state index < -0.39 is 33.8 Å². The van der Waals surface area contributed by atoms with Crippen LogP contribution < -0.4 is 14.8 Å². The molecule has 2 aliphatic rings. The third-order valence-corrected chi connectivity index (χ3v) is 7.71. The van der Waals surface area contributed by atoms with Crippen LogP contribution >= 0.6 is 11.6 Å². The lowest BCUT2D eigenvalue weighted by atomic mass is 10.1. The average molecular weight is 502 g/mol. The van der Waals surface area contributed by atoms with Gasteiger partial charge in [0.05, 0.1) is 39.8 Å². The Bertz CT molecular complexity index is 1410. The van der Waals surface area contributed by atoms with Gasteiger partial charge in [-0.05, 0) is 48.5 Å². The van der Waals surface area contributed by atoms with Crippen molar-refractivity contribution in [2.45, 2.75) is 11.0 Å². The average Bonchev–Trinajstić information content (AvgIpc) is 3.04. The highest BCUT2D eigenvalue weighted by Crippen LogP contribution is 2.43. The first-order valence-corrected chi connectivity index (χ1v) is 12.0. The van der Waals surface area contributed by atoms with Crippen molar-refractivity contribution in [3.8, 4) is 5.75 Å². The van der Waals surface area contributed by atoms with Crippen molar-refractivity contribution in [2.75, 3.05) is 23.1 Å². The van der Waals surface area contributed by atoms with Crippen LogP contribution in [0.3, 0.4) is 0 Å². The van der Waals surface area contributed by atoms with Gasteiger partial charge < -0.3 is 10.5 Å². The van der Waals surface area contributed by atoms with Crippen LogP contribution in [-0.2, 0) is 10.0 Å². The van der Waals surface area contributed by atoms with Crippen LogP contribution in [0.1, 0.15) is 20.7 Å². The number of hydrogen-bond acceptors (Lipinski definition) is 6.